The van der Waals surface area contributed by atoms with Crippen molar-refractivity contribution >= 4 is 5.84 Å². The van der Waals surface area contributed by atoms with Gasteiger partial charge in [-0.05, 0) is 6.92 Å². The molecule has 0 rings (SSSR count). The Balaban J connectivity index is 3.14. The van der Waals surface area contributed by atoms with E-state index in [1.165, 1.54) is 0 Å². The van der Waals surface area contributed by atoms with E-state index in [1.807, 2.05) is 19.1 Å². The summed E-state index contributed by atoms with van der Waals surface area (Å²) >= 11 is 0. The zero-order valence-electron chi connectivity index (χ0n) is 4.44. The van der Waals surface area contributed by atoms with Crippen molar-refractivity contribution in [2.24, 2.45) is 5.73 Å². The van der Waals surface area contributed by atoms with E-state index < -0.39 is 0 Å². The third-order valence-corrected chi connectivity index (χ3v) is 0.573. The molecule has 2 nitrogen and oxygen atoms in total. The van der Waals surface area contributed by atoms with Crippen LogP contribution in [0.25, 0.3) is 0 Å². The van der Waals surface area contributed by atoms with E-state index in [4.69, 9.17) is 11.1 Å². The first-order chi connectivity index (χ1) is 3.27. The van der Waals surface area contributed by atoms with Crippen LogP contribution in [-0.4, -0.2) is 5.84 Å². The summed E-state index contributed by atoms with van der Waals surface area (Å²) in [6, 6.07) is 0. The lowest BCUT2D eigenvalue weighted by Crippen LogP contribution is -2.06. The molecule has 0 fully saturated rings. The first-order valence-electron chi connectivity index (χ1n) is 2.21. The summed E-state index contributed by atoms with van der Waals surface area (Å²) in [7, 11) is 0. The number of nitrogens with two attached hydrogens (primary N) is 1. The Kier molecular flexibility index (Phi) is 3.02. The van der Waals surface area contributed by atoms with Gasteiger partial charge in [-0.1, -0.05) is 12.2 Å². The van der Waals surface area contributed by atoms with Crippen LogP contribution in [0.3, 0.4) is 0 Å². The zero-order chi connectivity index (χ0) is 5.70. The molecule has 0 saturated carbocycles. The predicted octanol–water partition coefficient (Wildman–Crippen LogP) is 0.889. The second-order valence-electron chi connectivity index (χ2n) is 1.30. The fourth-order valence-corrected chi connectivity index (χ4v) is 0.245. The summed E-state index contributed by atoms with van der Waals surface area (Å²) in [4.78, 5) is 0. The molecule has 3 N–H and O–H groups in total. The van der Waals surface area contributed by atoms with Crippen LogP contribution in [0.1, 0.15) is 13.3 Å². The molecule has 0 aliphatic rings. The molecule has 2 heteroatoms. The van der Waals surface area contributed by atoms with Gasteiger partial charge in [-0.2, -0.15) is 0 Å². The van der Waals surface area contributed by atoms with Crippen LogP contribution >= 0.6 is 0 Å². The van der Waals surface area contributed by atoms with E-state index in [1.54, 1.807) is 0 Å². The molecule has 0 atom stereocenters. The number of nitrogens with one attached hydrogen (secondary N) is 1. The van der Waals surface area contributed by atoms with Crippen LogP contribution < -0.4 is 5.73 Å². The topological polar surface area (TPSA) is 49.9 Å². The van der Waals surface area contributed by atoms with Crippen molar-refractivity contribution in [3.05, 3.63) is 12.2 Å². The van der Waals surface area contributed by atoms with Crippen molar-refractivity contribution in [1.29, 1.82) is 5.41 Å². The Labute approximate surface area is 43.5 Å². The smallest absolute Gasteiger partial charge is 0.0943 e. The van der Waals surface area contributed by atoms with Crippen LogP contribution in [0.2, 0.25) is 0 Å². The number of hydrogen-bond donors (Lipinski definition) is 2. The maximum atomic E-state index is 6.72. The minimum atomic E-state index is 0.220. The number of rotatable bonds is 2. The fraction of sp³-hybridized carbons (Fsp3) is 0.400. The van der Waals surface area contributed by atoms with Gasteiger partial charge >= 0.3 is 0 Å². The van der Waals surface area contributed by atoms with Crippen molar-refractivity contribution in [2.45, 2.75) is 13.3 Å². The zero-order valence-corrected chi connectivity index (χ0v) is 4.44. The third-order valence-electron chi connectivity index (χ3n) is 0.573. The van der Waals surface area contributed by atoms with Crippen molar-refractivity contribution in [3.8, 4) is 0 Å². The van der Waals surface area contributed by atoms with Crippen LogP contribution in [0.4, 0.5) is 0 Å². The van der Waals surface area contributed by atoms with Gasteiger partial charge < -0.3 is 5.73 Å². The lowest BCUT2D eigenvalue weighted by molar-refractivity contribution is 1.31. The SMILES string of the molecule is C/C=C\CC(=N)N. The van der Waals surface area contributed by atoms with Gasteiger partial charge in [0, 0.05) is 6.42 Å². The highest BCUT2D eigenvalue weighted by Crippen LogP contribution is 1.77. The Hall–Kier alpha value is -0.790. The number of amidine groups is 1. The molecule has 0 heterocycles. The van der Waals surface area contributed by atoms with E-state index in [2.05, 4.69) is 0 Å². The molecule has 0 unspecified atom stereocenters. The van der Waals surface area contributed by atoms with Crippen molar-refractivity contribution in [3.63, 3.8) is 0 Å². The number of allylic oxidation sites excluding steroid dienone is 1. The third kappa shape index (κ3) is 5.21. The summed E-state index contributed by atoms with van der Waals surface area (Å²) in [5.41, 5.74) is 5.01. The quantitative estimate of drug-likeness (QED) is 0.301. The maximum absolute atomic E-state index is 6.72. The molecule has 0 spiro atoms. The fourth-order valence-electron chi connectivity index (χ4n) is 0.245. The van der Waals surface area contributed by atoms with E-state index in [0.717, 1.165) is 0 Å². The van der Waals surface area contributed by atoms with Crippen LogP contribution in [-0.2, 0) is 0 Å². The lowest BCUT2D eigenvalue weighted by Gasteiger charge is -1.83. The molecular weight excluding hydrogens is 88.1 g/mol. The van der Waals surface area contributed by atoms with Crippen LogP contribution in [0.5, 0.6) is 0 Å². The minimum Gasteiger partial charge on any atom is -0.387 e. The molecule has 0 saturated heterocycles. The summed E-state index contributed by atoms with van der Waals surface area (Å²) < 4.78 is 0. The van der Waals surface area contributed by atoms with Crippen molar-refractivity contribution < 1.29 is 0 Å². The Morgan fingerprint density at radius 1 is 1.86 bits per heavy atom. The normalized spacial score (nSPS) is 9.86. The van der Waals surface area contributed by atoms with Gasteiger partial charge in [-0.15, -0.1) is 0 Å². The van der Waals surface area contributed by atoms with E-state index >= 15 is 0 Å². The second-order valence-corrected chi connectivity index (χ2v) is 1.30. The summed E-state index contributed by atoms with van der Waals surface area (Å²) in [6.07, 6.45) is 4.31. The molecule has 0 aliphatic heterocycles. The molecule has 0 aromatic rings. The minimum absolute atomic E-state index is 0.220. The molecule has 0 amide bonds. The molecule has 0 radical (unpaired) electrons. The predicted molar refractivity (Wildman–Crippen MR) is 31.3 cm³/mol. The van der Waals surface area contributed by atoms with E-state index in [9.17, 15) is 0 Å². The van der Waals surface area contributed by atoms with E-state index in [-0.39, 0.29) is 5.84 Å². The Bertz CT molecular complexity index is 84.1. The Morgan fingerprint density at radius 3 is 2.57 bits per heavy atom. The van der Waals surface area contributed by atoms with Crippen molar-refractivity contribution in [1.82, 2.24) is 0 Å². The van der Waals surface area contributed by atoms with Gasteiger partial charge in [0.1, 0.15) is 0 Å². The van der Waals surface area contributed by atoms with Crippen LogP contribution in [0, 0.1) is 5.41 Å². The second kappa shape index (κ2) is 3.40. The highest BCUT2D eigenvalue weighted by Gasteiger charge is 1.76. The van der Waals surface area contributed by atoms with E-state index in [0.29, 0.717) is 6.42 Å². The Morgan fingerprint density at radius 2 is 2.43 bits per heavy atom. The molecule has 0 aromatic heterocycles. The summed E-state index contributed by atoms with van der Waals surface area (Å²) in [5, 5.41) is 6.72. The maximum Gasteiger partial charge on any atom is 0.0943 e. The van der Waals surface area contributed by atoms with Crippen LogP contribution in [0.15, 0.2) is 12.2 Å². The molecule has 0 aromatic carbocycles. The number of hydrogen-bond acceptors (Lipinski definition) is 1. The van der Waals surface area contributed by atoms with Crippen molar-refractivity contribution in [2.75, 3.05) is 0 Å². The molecule has 0 bridgehead atoms. The molecular formula is C5H10N2. The summed E-state index contributed by atoms with van der Waals surface area (Å²) in [6.45, 7) is 1.91. The van der Waals surface area contributed by atoms with Gasteiger partial charge in [0.2, 0.25) is 0 Å². The highest BCUT2D eigenvalue weighted by molar-refractivity contribution is 5.78. The van der Waals surface area contributed by atoms with Gasteiger partial charge in [-0.3, -0.25) is 5.41 Å². The molecule has 0 aliphatic carbocycles. The standard InChI is InChI=1S/C5H10N2/c1-2-3-4-5(6)7/h2-3H,4H2,1H3,(H3,6,7)/b3-2-. The first kappa shape index (κ1) is 6.21. The monoisotopic (exact) mass is 98.1 g/mol. The average Bonchev–Trinajstić information content (AvgIpc) is 1.61. The highest BCUT2D eigenvalue weighted by atomic mass is 14.7. The average molecular weight is 98.1 g/mol. The lowest BCUT2D eigenvalue weighted by atomic mass is 10.4. The van der Waals surface area contributed by atoms with Gasteiger partial charge in [0.25, 0.3) is 0 Å². The summed E-state index contributed by atoms with van der Waals surface area (Å²) in [5.74, 6) is 0.220. The van der Waals surface area contributed by atoms with Gasteiger partial charge in [0.05, 0.1) is 5.84 Å². The largest absolute Gasteiger partial charge is 0.387 e. The molecule has 40 valence electrons. The van der Waals surface area contributed by atoms with Gasteiger partial charge in [-0.25, -0.2) is 0 Å². The van der Waals surface area contributed by atoms with Gasteiger partial charge in [0.15, 0.2) is 0 Å². The molecule has 7 heavy (non-hydrogen) atoms. The first-order valence-corrected chi connectivity index (χ1v) is 2.21.